The van der Waals surface area contributed by atoms with E-state index in [4.69, 9.17) is 0 Å². The van der Waals surface area contributed by atoms with Gasteiger partial charge in [0.25, 0.3) is 0 Å². The van der Waals surface area contributed by atoms with Crippen molar-refractivity contribution in [2.75, 3.05) is 0 Å². The van der Waals surface area contributed by atoms with E-state index in [1.807, 2.05) is 19.6 Å². The average molecular weight is 485 g/mol. The molecule has 2 rings (SSSR count). The summed E-state index contributed by atoms with van der Waals surface area (Å²) in [6, 6.07) is 4.25. The van der Waals surface area contributed by atoms with Gasteiger partial charge in [0.15, 0.2) is 0 Å². The first-order valence-corrected chi connectivity index (χ1v) is 12.2. The van der Waals surface area contributed by atoms with Crippen LogP contribution in [0.25, 0.3) is 11.1 Å². The second kappa shape index (κ2) is 7.63. The van der Waals surface area contributed by atoms with E-state index in [1.165, 1.54) is 6.07 Å². The molecule has 0 heterocycles. The second-order valence-electron chi connectivity index (χ2n) is 6.96. The monoisotopic (exact) mass is 484 g/mol. The molecule has 0 saturated heterocycles. The lowest BCUT2D eigenvalue weighted by atomic mass is 10.0. The molecule has 0 amide bonds. The van der Waals surface area contributed by atoms with Crippen molar-refractivity contribution in [2.24, 2.45) is 0 Å². The van der Waals surface area contributed by atoms with Crippen LogP contribution in [0.5, 0.6) is 0 Å². The lowest BCUT2D eigenvalue weighted by molar-refractivity contribution is -0.423. The molecule has 0 N–H and O–H groups in total. The summed E-state index contributed by atoms with van der Waals surface area (Å²) in [4.78, 5) is 41.6. The Bertz CT molecular complexity index is 1080. The summed E-state index contributed by atoms with van der Waals surface area (Å²) < 4.78 is -0.237. The molecule has 0 aliphatic carbocycles. The van der Waals surface area contributed by atoms with Crippen LogP contribution < -0.4 is 5.19 Å². The third-order valence-electron chi connectivity index (χ3n) is 4.08. The Hall–Kier alpha value is -3.26. The molecule has 0 unspecified atom stereocenters. The van der Waals surface area contributed by atoms with Crippen molar-refractivity contribution in [2.45, 2.75) is 19.6 Å². The van der Waals surface area contributed by atoms with Crippen molar-refractivity contribution in [3.8, 4) is 11.1 Å². The third-order valence-corrected chi connectivity index (χ3v) is 6.91. The first kappa shape index (κ1) is 22.0. The minimum Gasteiger partial charge on any atom is -0.258 e. The Labute approximate surface area is 171 Å². The van der Waals surface area contributed by atoms with Gasteiger partial charge in [-0.1, -0.05) is 19.6 Å². The van der Waals surface area contributed by atoms with Crippen LogP contribution in [-0.2, 0) is 0 Å². The first-order valence-electron chi connectivity index (χ1n) is 7.86. The van der Waals surface area contributed by atoms with Crippen LogP contribution >= 0.6 is 15.9 Å². The molecule has 29 heavy (non-hydrogen) atoms. The molecule has 0 saturated carbocycles. The maximum absolute atomic E-state index is 11.4. The predicted molar refractivity (Wildman–Crippen MR) is 109 cm³/mol. The van der Waals surface area contributed by atoms with E-state index in [0.29, 0.717) is 5.19 Å². The summed E-state index contributed by atoms with van der Waals surface area (Å²) in [5.74, 6) is 0. The fraction of sp³-hybridized carbons (Fsp3) is 0.200. The highest BCUT2D eigenvalue weighted by Gasteiger charge is 2.35. The van der Waals surface area contributed by atoms with Crippen molar-refractivity contribution in [3.63, 3.8) is 0 Å². The number of nitro groups is 4. The molecule has 14 heteroatoms. The maximum Gasteiger partial charge on any atom is 0.360 e. The Morgan fingerprint density at radius 3 is 1.62 bits per heavy atom. The number of halogens is 1. The highest BCUT2D eigenvalue weighted by atomic mass is 79.9. The van der Waals surface area contributed by atoms with Crippen LogP contribution in [0.4, 0.5) is 22.7 Å². The van der Waals surface area contributed by atoms with E-state index >= 15 is 0 Å². The normalized spacial score (nSPS) is 11.2. The van der Waals surface area contributed by atoms with Crippen molar-refractivity contribution in [1.29, 1.82) is 0 Å². The molecule has 0 aliphatic rings. The van der Waals surface area contributed by atoms with Crippen LogP contribution in [0.1, 0.15) is 0 Å². The standard InChI is InChI=1S/C15H13BrN4O8Si/c1-29(2,3)13-7-12(19(25)26)11(18(23)24)6-9(13)8-4-5-10(17(21)22)15(14(8)16)20(27)28/h4-7H,1-3H3. The summed E-state index contributed by atoms with van der Waals surface area (Å²) in [6.07, 6.45) is 0. The predicted octanol–water partition coefficient (Wildman–Crippen LogP) is 4.29. The third kappa shape index (κ3) is 4.12. The van der Waals surface area contributed by atoms with Crippen molar-refractivity contribution >= 4 is 51.9 Å². The van der Waals surface area contributed by atoms with Crippen molar-refractivity contribution in [3.05, 3.63) is 69.2 Å². The number of hydrogen-bond acceptors (Lipinski definition) is 8. The Balaban J connectivity index is 3.01. The SMILES string of the molecule is C[Si](C)(C)c1cc([N+](=O)[O-])c([N+](=O)[O-])cc1-c1ccc([N+](=O)[O-])c([N+](=O)[O-])c1Br. The van der Waals surface area contributed by atoms with E-state index in [2.05, 4.69) is 15.9 Å². The quantitative estimate of drug-likeness (QED) is 0.331. The summed E-state index contributed by atoms with van der Waals surface area (Å²) in [5.41, 5.74) is -2.76. The van der Waals surface area contributed by atoms with Crippen LogP contribution in [0, 0.1) is 40.5 Å². The van der Waals surface area contributed by atoms with Crippen molar-refractivity contribution < 1.29 is 19.7 Å². The molecule has 12 nitrogen and oxygen atoms in total. The zero-order valence-electron chi connectivity index (χ0n) is 15.2. The number of nitrogens with zero attached hydrogens (tertiary/aromatic N) is 4. The van der Waals surface area contributed by atoms with Gasteiger partial charge >= 0.3 is 22.7 Å². The topological polar surface area (TPSA) is 173 Å². The van der Waals surface area contributed by atoms with Gasteiger partial charge in [-0.15, -0.1) is 0 Å². The van der Waals surface area contributed by atoms with Gasteiger partial charge in [0.2, 0.25) is 0 Å². The number of nitro benzene ring substituents is 4. The van der Waals surface area contributed by atoms with Gasteiger partial charge < -0.3 is 0 Å². The van der Waals surface area contributed by atoms with E-state index < -0.39 is 50.5 Å². The Morgan fingerprint density at radius 1 is 0.724 bits per heavy atom. The number of benzene rings is 2. The highest BCUT2D eigenvalue weighted by Crippen LogP contribution is 2.43. The Morgan fingerprint density at radius 2 is 1.21 bits per heavy atom. The molecule has 0 atom stereocenters. The molecule has 152 valence electrons. The molecule has 0 aromatic heterocycles. The zero-order chi connectivity index (χ0) is 22.3. The number of rotatable bonds is 6. The maximum atomic E-state index is 11.4. The van der Waals surface area contributed by atoms with Gasteiger partial charge in [-0.3, -0.25) is 40.5 Å². The summed E-state index contributed by atoms with van der Waals surface area (Å²) in [7, 11) is -2.35. The summed E-state index contributed by atoms with van der Waals surface area (Å²) in [6.45, 7) is 5.53. The van der Waals surface area contributed by atoms with Gasteiger partial charge in [-0.2, -0.15) is 0 Å². The summed E-state index contributed by atoms with van der Waals surface area (Å²) >= 11 is 3.01. The van der Waals surface area contributed by atoms with E-state index in [1.54, 1.807) is 0 Å². The van der Waals surface area contributed by atoms with Crippen LogP contribution in [0.2, 0.25) is 19.6 Å². The van der Waals surface area contributed by atoms with Gasteiger partial charge in [0.1, 0.15) is 4.47 Å². The van der Waals surface area contributed by atoms with Gasteiger partial charge in [0.05, 0.1) is 27.8 Å². The lowest BCUT2D eigenvalue weighted by Crippen LogP contribution is -2.39. The average Bonchev–Trinajstić information content (AvgIpc) is 2.58. The van der Waals surface area contributed by atoms with E-state index in [0.717, 1.165) is 18.2 Å². The van der Waals surface area contributed by atoms with E-state index in [9.17, 15) is 40.5 Å². The minimum atomic E-state index is -2.35. The molecular formula is C15H13BrN4O8Si. The van der Waals surface area contributed by atoms with Gasteiger partial charge in [0, 0.05) is 23.8 Å². The molecular weight excluding hydrogens is 472 g/mol. The molecule has 0 radical (unpaired) electrons. The molecule has 0 spiro atoms. The molecule has 0 bridgehead atoms. The number of hydrogen-bond donors (Lipinski definition) is 0. The fourth-order valence-electron chi connectivity index (χ4n) is 2.80. The molecule has 2 aromatic carbocycles. The first-order chi connectivity index (χ1) is 13.3. The molecule has 2 aromatic rings. The van der Waals surface area contributed by atoms with E-state index in [-0.39, 0.29) is 15.6 Å². The van der Waals surface area contributed by atoms with Crippen LogP contribution in [-0.4, -0.2) is 27.8 Å². The molecule has 0 aliphatic heterocycles. The highest BCUT2D eigenvalue weighted by molar-refractivity contribution is 9.10. The van der Waals surface area contributed by atoms with Gasteiger partial charge in [-0.05, 0) is 32.7 Å². The smallest absolute Gasteiger partial charge is 0.258 e. The molecule has 0 fully saturated rings. The lowest BCUT2D eigenvalue weighted by Gasteiger charge is -2.21. The zero-order valence-corrected chi connectivity index (χ0v) is 17.8. The fourth-order valence-corrected chi connectivity index (χ4v) is 5.07. The minimum absolute atomic E-state index is 0.0951. The Kier molecular flexibility index (Phi) is 5.80. The largest absolute Gasteiger partial charge is 0.360 e. The van der Waals surface area contributed by atoms with Crippen LogP contribution in [0.3, 0.4) is 0 Å². The summed E-state index contributed by atoms with van der Waals surface area (Å²) in [5, 5.41) is 45.7. The van der Waals surface area contributed by atoms with Crippen LogP contribution in [0.15, 0.2) is 28.7 Å². The second-order valence-corrected chi connectivity index (χ2v) is 12.8. The van der Waals surface area contributed by atoms with Crippen molar-refractivity contribution in [1.82, 2.24) is 0 Å². The van der Waals surface area contributed by atoms with Gasteiger partial charge in [-0.25, -0.2) is 0 Å².